The SMILES string of the molecule is CCOc1ccc(C(=O)OCC(=O)NCc2c(C)nn(Cc3ccccc3)c2C)cc1OCC. The summed E-state index contributed by atoms with van der Waals surface area (Å²) in [6.45, 7) is 9.10. The molecule has 0 unspecified atom stereocenters. The molecule has 1 heterocycles. The third kappa shape index (κ3) is 6.37. The summed E-state index contributed by atoms with van der Waals surface area (Å²) in [6.07, 6.45) is 0. The largest absolute Gasteiger partial charge is 0.490 e. The van der Waals surface area contributed by atoms with Crippen LogP contribution in [0.4, 0.5) is 0 Å². The van der Waals surface area contributed by atoms with Crippen molar-refractivity contribution in [2.45, 2.75) is 40.8 Å². The van der Waals surface area contributed by atoms with E-state index < -0.39 is 5.97 Å². The fourth-order valence-electron chi connectivity index (χ4n) is 3.53. The van der Waals surface area contributed by atoms with Gasteiger partial charge in [0, 0.05) is 17.8 Å². The van der Waals surface area contributed by atoms with Crippen molar-refractivity contribution in [2.24, 2.45) is 0 Å². The third-order valence-electron chi connectivity index (χ3n) is 5.28. The summed E-state index contributed by atoms with van der Waals surface area (Å²) in [7, 11) is 0. The number of carbonyl (C=O) groups excluding carboxylic acids is 2. The molecular formula is C26H31N3O5. The predicted octanol–water partition coefficient (Wildman–Crippen LogP) is 3.82. The lowest BCUT2D eigenvalue weighted by molar-refractivity contribution is -0.124. The minimum atomic E-state index is -0.609. The van der Waals surface area contributed by atoms with Gasteiger partial charge in [-0.1, -0.05) is 30.3 Å². The zero-order chi connectivity index (χ0) is 24.5. The highest BCUT2D eigenvalue weighted by molar-refractivity contribution is 5.92. The van der Waals surface area contributed by atoms with Crippen molar-refractivity contribution < 1.29 is 23.8 Å². The molecule has 0 bridgehead atoms. The van der Waals surface area contributed by atoms with Gasteiger partial charge in [-0.2, -0.15) is 5.10 Å². The molecule has 0 atom stereocenters. The van der Waals surface area contributed by atoms with Crippen LogP contribution in [0.5, 0.6) is 11.5 Å². The first-order valence-electron chi connectivity index (χ1n) is 11.3. The molecule has 1 aromatic heterocycles. The number of rotatable bonds is 11. The molecule has 1 amide bonds. The van der Waals surface area contributed by atoms with Gasteiger partial charge in [0.25, 0.3) is 5.91 Å². The Labute approximate surface area is 199 Å². The van der Waals surface area contributed by atoms with Crippen LogP contribution in [-0.4, -0.2) is 41.5 Å². The summed E-state index contributed by atoms with van der Waals surface area (Å²) >= 11 is 0. The van der Waals surface area contributed by atoms with Crippen LogP contribution in [0.25, 0.3) is 0 Å². The van der Waals surface area contributed by atoms with E-state index in [4.69, 9.17) is 14.2 Å². The van der Waals surface area contributed by atoms with Crippen molar-refractivity contribution >= 4 is 11.9 Å². The lowest BCUT2D eigenvalue weighted by atomic mass is 10.2. The summed E-state index contributed by atoms with van der Waals surface area (Å²) in [5.74, 6) is 0.0139. The number of aromatic nitrogens is 2. The van der Waals surface area contributed by atoms with Gasteiger partial charge in [-0.25, -0.2) is 4.79 Å². The zero-order valence-corrected chi connectivity index (χ0v) is 20.1. The predicted molar refractivity (Wildman–Crippen MR) is 128 cm³/mol. The van der Waals surface area contributed by atoms with Crippen LogP contribution < -0.4 is 14.8 Å². The molecule has 0 aliphatic carbocycles. The number of ether oxygens (including phenoxy) is 3. The fraction of sp³-hybridized carbons (Fsp3) is 0.346. The second-order valence-electron chi connectivity index (χ2n) is 7.67. The van der Waals surface area contributed by atoms with Crippen molar-refractivity contribution in [1.82, 2.24) is 15.1 Å². The highest BCUT2D eigenvalue weighted by Crippen LogP contribution is 2.28. The molecule has 0 fully saturated rings. The topological polar surface area (TPSA) is 91.7 Å². The Kier molecular flexibility index (Phi) is 8.67. The molecule has 3 rings (SSSR count). The highest BCUT2D eigenvalue weighted by atomic mass is 16.5. The molecule has 0 aliphatic rings. The molecule has 0 saturated heterocycles. The average molecular weight is 466 g/mol. The van der Waals surface area contributed by atoms with Crippen molar-refractivity contribution in [3.8, 4) is 11.5 Å². The zero-order valence-electron chi connectivity index (χ0n) is 20.1. The summed E-state index contributed by atoms with van der Waals surface area (Å²) in [5.41, 5.74) is 4.22. The van der Waals surface area contributed by atoms with E-state index in [-0.39, 0.29) is 18.1 Å². The van der Waals surface area contributed by atoms with E-state index in [2.05, 4.69) is 10.4 Å². The van der Waals surface area contributed by atoms with Crippen molar-refractivity contribution in [2.75, 3.05) is 19.8 Å². The first kappa shape index (κ1) is 24.8. The fourth-order valence-corrected chi connectivity index (χ4v) is 3.53. The minimum absolute atomic E-state index is 0.286. The number of esters is 1. The monoisotopic (exact) mass is 465 g/mol. The van der Waals surface area contributed by atoms with Crippen LogP contribution >= 0.6 is 0 Å². The van der Waals surface area contributed by atoms with Crippen molar-refractivity contribution in [3.63, 3.8) is 0 Å². The van der Waals surface area contributed by atoms with E-state index >= 15 is 0 Å². The summed E-state index contributed by atoms with van der Waals surface area (Å²) in [6, 6.07) is 14.9. The molecule has 3 aromatic rings. The average Bonchev–Trinajstić information content (AvgIpc) is 3.10. The molecule has 34 heavy (non-hydrogen) atoms. The summed E-state index contributed by atoms with van der Waals surface area (Å²) < 4.78 is 18.2. The van der Waals surface area contributed by atoms with E-state index in [1.807, 2.05) is 62.7 Å². The Morgan fingerprint density at radius 2 is 1.68 bits per heavy atom. The first-order chi connectivity index (χ1) is 16.4. The number of aryl methyl sites for hydroxylation is 1. The Morgan fingerprint density at radius 3 is 2.38 bits per heavy atom. The number of benzene rings is 2. The number of amides is 1. The Morgan fingerprint density at radius 1 is 0.971 bits per heavy atom. The second kappa shape index (κ2) is 11.9. The molecule has 8 nitrogen and oxygen atoms in total. The van der Waals surface area contributed by atoms with Gasteiger partial charge in [0.2, 0.25) is 0 Å². The molecule has 0 aliphatic heterocycles. The van der Waals surface area contributed by atoms with Crippen LogP contribution in [0.1, 0.15) is 46.7 Å². The third-order valence-corrected chi connectivity index (χ3v) is 5.28. The number of hydrogen-bond donors (Lipinski definition) is 1. The second-order valence-corrected chi connectivity index (χ2v) is 7.67. The van der Waals surface area contributed by atoms with Crippen LogP contribution in [0.3, 0.4) is 0 Å². The maximum Gasteiger partial charge on any atom is 0.338 e. The van der Waals surface area contributed by atoms with Crippen LogP contribution in [-0.2, 0) is 22.6 Å². The molecule has 0 saturated carbocycles. The Hall–Kier alpha value is -3.81. The van der Waals surface area contributed by atoms with Gasteiger partial charge in [-0.15, -0.1) is 0 Å². The molecule has 0 radical (unpaired) electrons. The van der Waals surface area contributed by atoms with E-state index in [1.165, 1.54) is 0 Å². The van der Waals surface area contributed by atoms with Crippen molar-refractivity contribution in [1.29, 1.82) is 0 Å². The van der Waals surface area contributed by atoms with Gasteiger partial charge >= 0.3 is 5.97 Å². The standard InChI is InChI=1S/C26H31N3O5/c1-5-32-23-13-12-21(14-24(23)33-6-2)26(31)34-17-25(30)27-15-22-18(3)28-29(19(22)4)16-20-10-8-7-9-11-20/h7-14H,5-6,15-17H2,1-4H3,(H,27,30). The van der Waals surface area contributed by atoms with Gasteiger partial charge in [0.1, 0.15) is 0 Å². The van der Waals surface area contributed by atoms with Gasteiger partial charge in [0.05, 0.1) is 31.0 Å². The molecule has 1 N–H and O–H groups in total. The van der Waals surface area contributed by atoms with Gasteiger partial charge in [-0.3, -0.25) is 9.48 Å². The Balaban J connectivity index is 1.55. The summed E-state index contributed by atoms with van der Waals surface area (Å²) in [5, 5.41) is 7.41. The maximum atomic E-state index is 12.4. The van der Waals surface area contributed by atoms with Crippen LogP contribution in [0, 0.1) is 13.8 Å². The summed E-state index contributed by atoms with van der Waals surface area (Å²) in [4.78, 5) is 24.7. The van der Waals surface area contributed by atoms with Gasteiger partial charge < -0.3 is 19.5 Å². The van der Waals surface area contributed by atoms with Crippen LogP contribution in [0.2, 0.25) is 0 Å². The minimum Gasteiger partial charge on any atom is -0.490 e. The van der Waals surface area contributed by atoms with E-state index in [1.54, 1.807) is 18.2 Å². The molecule has 8 heteroatoms. The number of nitrogens with zero attached hydrogens (tertiary/aromatic N) is 2. The molecule has 0 spiro atoms. The normalized spacial score (nSPS) is 10.6. The lowest BCUT2D eigenvalue weighted by Gasteiger charge is -2.12. The highest BCUT2D eigenvalue weighted by Gasteiger charge is 2.16. The molecule has 2 aromatic carbocycles. The quantitative estimate of drug-likeness (QED) is 0.433. The van der Waals surface area contributed by atoms with E-state index in [9.17, 15) is 9.59 Å². The van der Waals surface area contributed by atoms with E-state index in [0.717, 1.165) is 22.5 Å². The van der Waals surface area contributed by atoms with Crippen LogP contribution in [0.15, 0.2) is 48.5 Å². The van der Waals surface area contributed by atoms with Gasteiger partial charge in [0.15, 0.2) is 18.1 Å². The first-order valence-corrected chi connectivity index (χ1v) is 11.3. The van der Waals surface area contributed by atoms with E-state index in [0.29, 0.717) is 37.8 Å². The smallest absolute Gasteiger partial charge is 0.338 e. The lowest BCUT2D eigenvalue weighted by Crippen LogP contribution is -2.28. The number of nitrogens with one attached hydrogen (secondary N) is 1. The Bertz CT molecular complexity index is 1120. The molecular weight excluding hydrogens is 434 g/mol. The molecule has 180 valence electrons. The maximum absolute atomic E-state index is 12.4. The van der Waals surface area contributed by atoms with Crippen molar-refractivity contribution in [3.05, 3.63) is 76.6 Å². The number of hydrogen-bond acceptors (Lipinski definition) is 6. The number of carbonyl (C=O) groups is 2. The van der Waals surface area contributed by atoms with Gasteiger partial charge in [-0.05, 0) is 51.5 Å².